The molecular formula is C14H18N2O4. The second-order valence-corrected chi connectivity index (χ2v) is 4.83. The summed E-state index contributed by atoms with van der Waals surface area (Å²) in [6.45, 7) is 5.18. The van der Waals surface area contributed by atoms with Crippen molar-refractivity contribution in [3.63, 3.8) is 0 Å². The number of aromatic nitrogens is 1. The maximum atomic E-state index is 12.2. The topological polar surface area (TPSA) is 68.6 Å². The first-order chi connectivity index (χ1) is 9.50. The van der Waals surface area contributed by atoms with Crippen LogP contribution < -0.4 is 5.56 Å². The fraction of sp³-hybridized carbons (Fsp3) is 0.500. The molecule has 1 aromatic rings. The normalized spacial score (nSPS) is 15.2. The van der Waals surface area contributed by atoms with E-state index in [1.807, 2.05) is 0 Å². The number of hydrogen-bond acceptors (Lipinski definition) is 4. The van der Waals surface area contributed by atoms with Crippen LogP contribution in [0.25, 0.3) is 0 Å². The lowest BCUT2D eigenvalue weighted by Crippen LogP contribution is -2.44. The van der Waals surface area contributed by atoms with Gasteiger partial charge in [0.25, 0.3) is 5.56 Å². The highest BCUT2D eigenvalue weighted by molar-refractivity contribution is 5.93. The van der Waals surface area contributed by atoms with Gasteiger partial charge in [-0.25, -0.2) is 0 Å². The molecule has 0 atom stereocenters. The molecule has 0 bridgehead atoms. The number of aryl methyl sites for hydroxylation is 1. The Kier molecular flexibility index (Phi) is 4.34. The zero-order valence-corrected chi connectivity index (χ0v) is 11.7. The Morgan fingerprint density at radius 2 is 1.90 bits per heavy atom. The van der Waals surface area contributed by atoms with E-state index in [0.29, 0.717) is 32.0 Å². The minimum absolute atomic E-state index is 0.0359. The van der Waals surface area contributed by atoms with Gasteiger partial charge in [0.05, 0.1) is 18.8 Å². The summed E-state index contributed by atoms with van der Waals surface area (Å²) in [6, 6.07) is 3.19. The number of amides is 1. The molecule has 108 valence electrons. The molecule has 6 heteroatoms. The molecule has 0 aliphatic carbocycles. The number of carbonyl (C=O) groups excluding carboxylic acids is 2. The highest BCUT2D eigenvalue weighted by Crippen LogP contribution is 2.03. The third-order valence-corrected chi connectivity index (χ3v) is 3.43. The van der Waals surface area contributed by atoms with Gasteiger partial charge in [-0.2, -0.15) is 0 Å². The molecule has 1 aliphatic rings. The average molecular weight is 278 g/mol. The van der Waals surface area contributed by atoms with Crippen LogP contribution in [0, 0.1) is 6.92 Å². The predicted octanol–water partition coefficient (Wildman–Crippen LogP) is 0.218. The van der Waals surface area contributed by atoms with Crippen molar-refractivity contribution < 1.29 is 14.3 Å². The second-order valence-electron chi connectivity index (χ2n) is 4.83. The van der Waals surface area contributed by atoms with Crippen LogP contribution in [0.4, 0.5) is 0 Å². The van der Waals surface area contributed by atoms with Gasteiger partial charge in [-0.1, -0.05) is 0 Å². The lowest BCUT2D eigenvalue weighted by atomic mass is 10.2. The van der Waals surface area contributed by atoms with Gasteiger partial charge in [-0.3, -0.25) is 14.4 Å². The van der Waals surface area contributed by atoms with Gasteiger partial charge in [0.2, 0.25) is 5.91 Å². The van der Waals surface area contributed by atoms with E-state index >= 15 is 0 Å². The molecule has 20 heavy (non-hydrogen) atoms. The Balaban J connectivity index is 2.24. The van der Waals surface area contributed by atoms with Gasteiger partial charge in [0.15, 0.2) is 5.78 Å². The zero-order chi connectivity index (χ0) is 14.7. The number of morpholine rings is 1. The monoisotopic (exact) mass is 278 g/mol. The highest BCUT2D eigenvalue weighted by atomic mass is 16.5. The molecule has 1 saturated heterocycles. The van der Waals surface area contributed by atoms with E-state index in [0.717, 1.165) is 0 Å². The van der Waals surface area contributed by atoms with Crippen molar-refractivity contribution in [2.45, 2.75) is 20.4 Å². The molecule has 6 nitrogen and oxygen atoms in total. The largest absolute Gasteiger partial charge is 0.378 e. The Hall–Kier alpha value is -1.95. The summed E-state index contributed by atoms with van der Waals surface area (Å²) in [5.41, 5.74) is 0.381. The standard InChI is InChI=1S/C14H18N2O4/c1-10-3-4-12(11(2)17)14(19)16(10)9-13(18)15-5-7-20-8-6-15/h3-4H,5-9H2,1-2H3. The number of ether oxygens (including phenoxy) is 1. The second kappa shape index (κ2) is 6.00. The molecule has 1 amide bonds. The Morgan fingerprint density at radius 3 is 2.50 bits per heavy atom. The first kappa shape index (κ1) is 14.5. The lowest BCUT2D eigenvalue weighted by Gasteiger charge is -2.27. The number of pyridine rings is 1. The minimum Gasteiger partial charge on any atom is -0.378 e. The van der Waals surface area contributed by atoms with Gasteiger partial charge < -0.3 is 14.2 Å². The Labute approximate surface area is 116 Å². The molecule has 2 rings (SSSR count). The third kappa shape index (κ3) is 2.96. The molecule has 2 heterocycles. The van der Waals surface area contributed by atoms with Gasteiger partial charge >= 0.3 is 0 Å². The zero-order valence-electron chi connectivity index (χ0n) is 11.7. The van der Waals surface area contributed by atoms with E-state index < -0.39 is 5.56 Å². The van der Waals surface area contributed by atoms with E-state index in [9.17, 15) is 14.4 Å². The summed E-state index contributed by atoms with van der Waals surface area (Å²) < 4.78 is 6.55. The van der Waals surface area contributed by atoms with Crippen molar-refractivity contribution in [1.29, 1.82) is 0 Å². The van der Waals surface area contributed by atoms with Crippen molar-refractivity contribution in [2.24, 2.45) is 0 Å². The minimum atomic E-state index is -0.404. The average Bonchev–Trinajstić information content (AvgIpc) is 2.43. The van der Waals surface area contributed by atoms with Crippen LogP contribution in [0.15, 0.2) is 16.9 Å². The van der Waals surface area contributed by atoms with Crippen LogP contribution in [0.1, 0.15) is 23.0 Å². The van der Waals surface area contributed by atoms with Crippen molar-refractivity contribution in [1.82, 2.24) is 9.47 Å². The van der Waals surface area contributed by atoms with Crippen LogP contribution in [-0.4, -0.2) is 47.5 Å². The summed E-state index contributed by atoms with van der Waals surface area (Å²) >= 11 is 0. The van der Waals surface area contributed by atoms with Crippen LogP contribution in [0.2, 0.25) is 0 Å². The Bertz CT molecular complexity index is 585. The number of carbonyl (C=O) groups is 2. The molecular weight excluding hydrogens is 260 g/mol. The Morgan fingerprint density at radius 1 is 1.25 bits per heavy atom. The van der Waals surface area contributed by atoms with E-state index in [-0.39, 0.29) is 23.8 Å². The summed E-state index contributed by atoms with van der Waals surface area (Å²) in [6.07, 6.45) is 0. The summed E-state index contributed by atoms with van der Waals surface area (Å²) in [5, 5.41) is 0. The number of rotatable bonds is 3. The van der Waals surface area contributed by atoms with Crippen molar-refractivity contribution in [2.75, 3.05) is 26.3 Å². The fourth-order valence-corrected chi connectivity index (χ4v) is 2.18. The third-order valence-electron chi connectivity index (χ3n) is 3.43. The molecule has 0 aromatic carbocycles. The predicted molar refractivity (Wildman–Crippen MR) is 72.8 cm³/mol. The maximum absolute atomic E-state index is 12.2. The lowest BCUT2D eigenvalue weighted by molar-refractivity contribution is -0.136. The number of hydrogen-bond donors (Lipinski definition) is 0. The molecule has 1 fully saturated rings. The van der Waals surface area contributed by atoms with Crippen LogP contribution >= 0.6 is 0 Å². The summed E-state index contributed by atoms with van der Waals surface area (Å²) in [5.74, 6) is -0.415. The molecule has 1 aliphatic heterocycles. The quantitative estimate of drug-likeness (QED) is 0.742. The van der Waals surface area contributed by atoms with E-state index in [4.69, 9.17) is 4.74 Å². The molecule has 0 N–H and O–H groups in total. The first-order valence-electron chi connectivity index (χ1n) is 6.57. The van der Waals surface area contributed by atoms with Crippen LogP contribution in [0.5, 0.6) is 0 Å². The van der Waals surface area contributed by atoms with E-state index in [2.05, 4.69) is 0 Å². The van der Waals surface area contributed by atoms with Gasteiger partial charge in [0, 0.05) is 18.8 Å². The number of ketones is 1. The molecule has 0 spiro atoms. The van der Waals surface area contributed by atoms with Gasteiger partial charge in [-0.05, 0) is 26.0 Å². The van der Waals surface area contributed by atoms with Crippen molar-refractivity contribution in [3.05, 3.63) is 33.7 Å². The van der Waals surface area contributed by atoms with Crippen molar-refractivity contribution >= 4 is 11.7 Å². The molecule has 0 saturated carbocycles. The van der Waals surface area contributed by atoms with E-state index in [1.54, 1.807) is 17.9 Å². The van der Waals surface area contributed by atoms with Crippen LogP contribution in [0.3, 0.4) is 0 Å². The molecule has 0 unspecified atom stereocenters. The SMILES string of the molecule is CC(=O)c1ccc(C)n(CC(=O)N2CCOCC2)c1=O. The molecule has 1 aromatic heterocycles. The maximum Gasteiger partial charge on any atom is 0.262 e. The van der Waals surface area contributed by atoms with Gasteiger partial charge in [-0.15, -0.1) is 0 Å². The van der Waals surface area contributed by atoms with Crippen molar-refractivity contribution in [3.8, 4) is 0 Å². The fourth-order valence-electron chi connectivity index (χ4n) is 2.18. The molecule has 0 radical (unpaired) electrons. The highest BCUT2D eigenvalue weighted by Gasteiger charge is 2.19. The first-order valence-corrected chi connectivity index (χ1v) is 6.57. The van der Waals surface area contributed by atoms with Gasteiger partial charge in [0.1, 0.15) is 6.54 Å². The number of nitrogens with zero attached hydrogens (tertiary/aromatic N) is 2. The van der Waals surface area contributed by atoms with E-state index in [1.165, 1.54) is 17.6 Å². The number of Topliss-reactive ketones (excluding diaryl/α,β-unsaturated/α-hetero) is 1. The smallest absolute Gasteiger partial charge is 0.262 e. The summed E-state index contributed by atoms with van der Waals surface area (Å²) in [7, 11) is 0. The van der Waals surface area contributed by atoms with Crippen LogP contribution in [-0.2, 0) is 16.1 Å². The summed E-state index contributed by atoms with van der Waals surface area (Å²) in [4.78, 5) is 37.4.